The average Bonchev–Trinajstić information content (AvgIpc) is 3.00. The number of benzene rings is 1. The highest BCUT2D eigenvalue weighted by Gasteiger charge is 2.21. The molecule has 1 aromatic rings. The Morgan fingerprint density at radius 3 is 2.50 bits per heavy atom. The predicted octanol–water partition coefficient (Wildman–Crippen LogP) is 1.38. The maximum atomic E-state index is 11.7. The third-order valence-corrected chi connectivity index (χ3v) is 6.01. The Morgan fingerprint density at radius 1 is 1.08 bits per heavy atom. The molecular weight excluding hydrogens is 320 g/mol. The summed E-state index contributed by atoms with van der Waals surface area (Å²) in [6.07, 6.45) is 2.30. The van der Waals surface area contributed by atoms with Crippen LogP contribution in [0.2, 0.25) is 0 Å². The van der Waals surface area contributed by atoms with E-state index in [4.69, 9.17) is 5.73 Å². The van der Waals surface area contributed by atoms with Gasteiger partial charge in [-0.1, -0.05) is 6.07 Å². The number of nitrogens with zero attached hydrogens (tertiary/aromatic N) is 2. The number of carbonyl (C=O) groups is 1. The Balaban J connectivity index is 1.36. The van der Waals surface area contributed by atoms with Gasteiger partial charge in [0.1, 0.15) is 0 Å². The minimum absolute atomic E-state index is 0.0694. The van der Waals surface area contributed by atoms with Gasteiger partial charge in [-0.15, -0.1) is 11.8 Å². The van der Waals surface area contributed by atoms with Crippen molar-refractivity contribution in [3.63, 3.8) is 0 Å². The van der Waals surface area contributed by atoms with Crippen molar-refractivity contribution in [1.29, 1.82) is 0 Å². The topological polar surface area (TPSA) is 61.6 Å². The average molecular weight is 349 g/mol. The predicted molar refractivity (Wildman–Crippen MR) is 99.5 cm³/mol. The number of thioether (sulfide) groups is 1. The van der Waals surface area contributed by atoms with Crippen LogP contribution in [0.4, 0.5) is 0 Å². The molecule has 0 aliphatic carbocycles. The monoisotopic (exact) mass is 348 g/mol. The zero-order valence-corrected chi connectivity index (χ0v) is 15.1. The van der Waals surface area contributed by atoms with Crippen LogP contribution in [0.15, 0.2) is 23.1 Å². The molecular formula is C18H28N4OS. The van der Waals surface area contributed by atoms with Crippen molar-refractivity contribution in [1.82, 2.24) is 15.1 Å². The van der Waals surface area contributed by atoms with Gasteiger partial charge in [0, 0.05) is 43.2 Å². The molecule has 0 spiro atoms. The molecule has 0 aromatic heterocycles. The third-order valence-electron chi connectivity index (χ3n) is 4.82. The highest BCUT2D eigenvalue weighted by molar-refractivity contribution is 7.99. The number of hydrogen-bond acceptors (Lipinski definition) is 5. The van der Waals surface area contributed by atoms with Gasteiger partial charge in [0.2, 0.25) is 0 Å². The van der Waals surface area contributed by atoms with Crippen molar-refractivity contribution in [2.24, 2.45) is 5.73 Å². The Kier molecular flexibility index (Phi) is 6.54. The summed E-state index contributed by atoms with van der Waals surface area (Å²) in [5, 5.41) is 2.91. The van der Waals surface area contributed by atoms with E-state index in [1.807, 2.05) is 23.9 Å². The van der Waals surface area contributed by atoms with Crippen molar-refractivity contribution >= 4 is 17.7 Å². The van der Waals surface area contributed by atoms with Gasteiger partial charge in [0.05, 0.1) is 0 Å². The molecule has 24 heavy (non-hydrogen) atoms. The van der Waals surface area contributed by atoms with Gasteiger partial charge >= 0.3 is 0 Å². The highest BCUT2D eigenvalue weighted by Crippen LogP contribution is 2.28. The van der Waals surface area contributed by atoms with Crippen LogP contribution in [-0.2, 0) is 6.54 Å². The van der Waals surface area contributed by atoms with E-state index >= 15 is 0 Å². The highest BCUT2D eigenvalue weighted by atomic mass is 32.2. The zero-order chi connectivity index (χ0) is 16.8. The van der Waals surface area contributed by atoms with Crippen molar-refractivity contribution in [2.75, 3.05) is 51.6 Å². The second kappa shape index (κ2) is 8.85. The lowest BCUT2D eigenvalue weighted by molar-refractivity contribution is 0.0966. The summed E-state index contributed by atoms with van der Waals surface area (Å²) in [6.45, 7) is 8.49. The summed E-state index contributed by atoms with van der Waals surface area (Å²) in [5.74, 6) is 1.18. The number of nitrogens with one attached hydrogen (secondary N) is 1. The molecule has 1 fully saturated rings. The van der Waals surface area contributed by atoms with Crippen molar-refractivity contribution < 1.29 is 4.79 Å². The summed E-state index contributed by atoms with van der Waals surface area (Å²) in [4.78, 5) is 18.1. The lowest BCUT2D eigenvalue weighted by Crippen LogP contribution is -2.47. The molecule has 0 unspecified atom stereocenters. The van der Waals surface area contributed by atoms with Gasteiger partial charge in [-0.05, 0) is 55.9 Å². The van der Waals surface area contributed by atoms with Crippen LogP contribution < -0.4 is 11.1 Å². The fourth-order valence-electron chi connectivity index (χ4n) is 3.38. The Bertz CT molecular complexity index is 558. The Labute approximate surface area is 148 Å². The largest absolute Gasteiger partial charge is 0.348 e. The molecule has 1 amide bonds. The van der Waals surface area contributed by atoms with Crippen LogP contribution in [0.25, 0.3) is 0 Å². The third kappa shape index (κ3) is 4.51. The molecule has 132 valence electrons. The number of amides is 1. The second-order valence-corrected chi connectivity index (χ2v) is 7.63. The normalized spacial score (nSPS) is 18.6. The fourth-order valence-corrected chi connectivity index (χ4v) is 4.41. The van der Waals surface area contributed by atoms with Crippen LogP contribution in [0.5, 0.6) is 0 Å². The maximum Gasteiger partial charge on any atom is 0.251 e. The first-order valence-corrected chi connectivity index (χ1v) is 9.94. The Hall–Kier alpha value is -1.08. The van der Waals surface area contributed by atoms with Crippen LogP contribution in [0.1, 0.15) is 28.8 Å². The summed E-state index contributed by atoms with van der Waals surface area (Å²) in [7, 11) is 0. The van der Waals surface area contributed by atoms with Gasteiger partial charge in [-0.25, -0.2) is 0 Å². The number of fused-ring (bicyclic) bond motifs is 1. The minimum Gasteiger partial charge on any atom is -0.348 e. The first kappa shape index (κ1) is 17.7. The number of carbonyl (C=O) groups excluding carboxylic acids is 1. The van der Waals surface area contributed by atoms with E-state index < -0.39 is 0 Å². The first-order chi connectivity index (χ1) is 11.8. The van der Waals surface area contributed by atoms with Gasteiger partial charge in [-0.3, -0.25) is 4.79 Å². The van der Waals surface area contributed by atoms with Gasteiger partial charge < -0.3 is 20.9 Å². The molecule has 1 saturated heterocycles. The number of piperazine rings is 1. The molecule has 5 nitrogen and oxygen atoms in total. The molecule has 3 N–H and O–H groups in total. The summed E-state index contributed by atoms with van der Waals surface area (Å²) >= 11 is 1.88. The van der Waals surface area contributed by atoms with E-state index in [1.54, 1.807) is 0 Å². The molecule has 2 aliphatic heterocycles. The summed E-state index contributed by atoms with van der Waals surface area (Å²) in [5.41, 5.74) is 7.62. The SMILES string of the molecule is NCCCN1CCN(CCCSc2cccc3c2CNC3=O)CC1. The van der Waals surface area contributed by atoms with E-state index in [-0.39, 0.29) is 5.91 Å². The van der Waals surface area contributed by atoms with E-state index in [0.717, 1.165) is 30.8 Å². The molecule has 0 radical (unpaired) electrons. The van der Waals surface area contributed by atoms with Gasteiger partial charge in [0.25, 0.3) is 5.91 Å². The molecule has 6 heteroatoms. The maximum absolute atomic E-state index is 11.7. The molecule has 0 atom stereocenters. The number of rotatable bonds is 8. The van der Waals surface area contributed by atoms with E-state index in [1.165, 1.54) is 49.6 Å². The first-order valence-electron chi connectivity index (χ1n) is 8.95. The van der Waals surface area contributed by atoms with Crippen LogP contribution in [-0.4, -0.2) is 67.3 Å². The fraction of sp³-hybridized carbons (Fsp3) is 0.611. The van der Waals surface area contributed by atoms with Crippen molar-refractivity contribution in [2.45, 2.75) is 24.3 Å². The zero-order valence-electron chi connectivity index (χ0n) is 14.3. The lowest BCUT2D eigenvalue weighted by Gasteiger charge is -2.34. The molecule has 3 rings (SSSR count). The van der Waals surface area contributed by atoms with E-state index in [2.05, 4.69) is 21.2 Å². The van der Waals surface area contributed by atoms with Gasteiger partial charge in [0.15, 0.2) is 0 Å². The van der Waals surface area contributed by atoms with Gasteiger partial charge in [-0.2, -0.15) is 0 Å². The van der Waals surface area contributed by atoms with E-state index in [9.17, 15) is 4.79 Å². The molecule has 2 aliphatic rings. The minimum atomic E-state index is 0.0694. The molecule has 2 heterocycles. The molecule has 0 bridgehead atoms. The second-order valence-electron chi connectivity index (χ2n) is 6.49. The standard InChI is InChI=1S/C18H28N4OS/c19-6-2-7-21-9-11-22(12-10-21)8-3-13-24-17-5-1-4-15-16(17)14-20-18(15)23/h1,4-5H,2-3,6-14,19H2,(H,20,23). The van der Waals surface area contributed by atoms with Crippen molar-refractivity contribution in [3.05, 3.63) is 29.3 Å². The molecule has 1 aromatic carbocycles. The summed E-state index contributed by atoms with van der Waals surface area (Å²) < 4.78 is 0. The van der Waals surface area contributed by atoms with Crippen LogP contribution >= 0.6 is 11.8 Å². The smallest absolute Gasteiger partial charge is 0.251 e. The number of nitrogens with two attached hydrogens (primary N) is 1. The van der Waals surface area contributed by atoms with Crippen LogP contribution in [0, 0.1) is 0 Å². The van der Waals surface area contributed by atoms with Crippen molar-refractivity contribution in [3.8, 4) is 0 Å². The Morgan fingerprint density at radius 2 is 1.79 bits per heavy atom. The van der Waals surface area contributed by atoms with Crippen LogP contribution in [0.3, 0.4) is 0 Å². The molecule has 0 saturated carbocycles. The van der Waals surface area contributed by atoms with E-state index in [0.29, 0.717) is 6.54 Å². The quantitative estimate of drug-likeness (QED) is 0.549. The lowest BCUT2D eigenvalue weighted by atomic mass is 10.1. The summed E-state index contributed by atoms with van der Waals surface area (Å²) in [6, 6.07) is 6.05. The number of hydrogen-bond donors (Lipinski definition) is 2.